The number of methoxy groups -OCH3 is 1. The van der Waals surface area contributed by atoms with Crippen LogP contribution in [0.15, 0.2) is 0 Å². The predicted molar refractivity (Wildman–Crippen MR) is 105 cm³/mol. The molecule has 7 nitrogen and oxygen atoms in total. The van der Waals surface area contributed by atoms with Gasteiger partial charge in [0.05, 0.1) is 18.3 Å². The lowest BCUT2D eigenvalue weighted by atomic mass is 9.23. The third kappa shape index (κ3) is 3.65. The van der Waals surface area contributed by atoms with Crippen molar-refractivity contribution < 1.29 is 28.4 Å². The number of alkyl carbamates (subject to hydrolysis) is 1. The number of nitrogens with one attached hydrogen (secondary N) is 1. The van der Waals surface area contributed by atoms with Crippen LogP contribution in [-0.4, -0.2) is 49.1 Å². The molecule has 158 valence electrons. The third-order valence-electron chi connectivity index (χ3n) is 6.75. The van der Waals surface area contributed by atoms with Crippen molar-refractivity contribution in [2.75, 3.05) is 7.11 Å². The summed E-state index contributed by atoms with van der Waals surface area (Å²) in [5.41, 5.74) is -1.28. The normalized spacial score (nSPS) is 33.4. The van der Waals surface area contributed by atoms with Crippen LogP contribution in [0.1, 0.15) is 74.1 Å². The molecule has 1 heterocycles. The molecule has 0 aromatic heterocycles. The van der Waals surface area contributed by atoms with Gasteiger partial charge >= 0.3 is 19.2 Å². The Bertz CT molecular complexity index is 632. The van der Waals surface area contributed by atoms with Gasteiger partial charge in [0.2, 0.25) is 0 Å². The van der Waals surface area contributed by atoms with Crippen molar-refractivity contribution >= 4 is 19.2 Å². The molecule has 4 fully saturated rings. The van der Waals surface area contributed by atoms with Gasteiger partial charge in [0.25, 0.3) is 0 Å². The van der Waals surface area contributed by atoms with Gasteiger partial charge in [0, 0.05) is 5.31 Å². The molecule has 1 aliphatic heterocycles. The topological polar surface area (TPSA) is 83.1 Å². The molecule has 4 aliphatic rings. The molecule has 8 heteroatoms. The summed E-state index contributed by atoms with van der Waals surface area (Å²) < 4.78 is 22.7. The molecule has 0 radical (unpaired) electrons. The average Bonchev–Trinajstić information content (AvgIpc) is 2.65. The van der Waals surface area contributed by atoms with Crippen molar-refractivity contribution in [2.45, 2.75) is 102 Å². The first kappa shape index (κ1) is 21.4. The van der Waals surface area contributed by atoms with Crippen LogP contribution in [0.2, 0.25) is 5.31 Å². The summed E-state index contributed by atoms with van der Waals surface area (Å²) in [6, 6.07) is -0.712. The highest BCUT2D eigenvalue weighted by Crippen LogP contribution is 2.82. The number of amides is 1. The fourth-order valence-electron chi connectivity index (χ4n) is 4.86. The Balaban J connectivity index is 1.59. The fraction of sp³-hybridized carbons (Fsp3) is 0.900. The molecule has 0 aromatic rings. The number of carbonyl (C=O) groups is 2. The van der Waals surface area contributed by atoms with Crippen molar-refractivity contribution in [3.63, 3.8) is 0 Å². The van der Waals surface area contributed by atoms with Gasteiger partial charge in [-0.3, -0.25) is 0 Å². The Morgan fingerprint density at radius 3 is 2.00 bits per heavy atom. The molecule has 1 atom stereocenters. The first-order valence-corrected chi connectivity index (χ1v) is 10.1. The fourth-order valence-corrected chi connectivity index (χ4v) is 4.86. The minimum absolute atomic E-state index is 0.0253. The summed E-state index contributed by atoms with van der Waals surface area (Å²) in [7, 11) is 1.12. The zero-order chi connectivity index (χ0) is 21.2. The molecule has 1 saturated heterocycles. The summed E-state index contributed by atoms with van der Waals surface area (Å²) >= 11 is 0. The molecular formula is C20H34BNO6. The van der Waals surface area contributed by atoms with E-state index in [1.54, 1.807) is 20.8 Å². The maximum atomic E-state index is 12.2. The monoisotopic (exact) mass is 395 g/mol. The molecular weight excluding hydrogens is 361 g/mol. The van der Waals surface area contributed by atoms with E-state index in [-0.39, 0.29) is 29.0 Å². The maximum Gasteiger partial charge on any atom is 0.464 e. The Morgan fingerprint density at radius 2 is 1.57 bits per heavy atom. The van der Waals surface area contributed by atoms with E-state index in [1.165, 1.54) is 7.11 Å². The zero-order valence-electron chi connectivity index (χ0n) is 18.4. The number of rotatable bonds is 5. The van der Waals surface area contributed by atoms with Crippen molar-refractivity contribution in [1.29, 1.82) is 0 Å². The molecule has 4 rings (SSSR count). The molecule has 2 bridgehead atoms. The van der Waals surface area contributed by atoms with Gasteiger partial charge in [0.1, 0.15) is 11.6 Å². The molecule has 0 spiro atoms. The highest BCUT2D eigenvalue weighted by Gasteiger charge is 2.76. The molecule has 0 aromatic carbocycles. The van der Waals surface area contributed by atoms with Crippen molar-refractivity contribution in [3.8, 4) is 0 Å². The van der Waals surface area contributed by atoms with Crippen LogP contribution in [0, 0.1) is 5.41 Å². The lowest BCUT2D eigenvalue weighted by Crippen LogP contribution is -2.66. The Kier molecular flexibility index (Phi) is 4.87. The van der Waals surface area contributed by atoms with Gasteiger partial charge in [0.15, 0.2) is 0 Å². The first-order valence-electron chi connectivity index (χ1n) is 10.1. The van der Waals surface area contributed by atoms with E-state index < -0.39 is 23.7 Å². The quantitative estimate of drug-likeness (QED) is 0.567. The summed E-state index contributed by atoms with van der Waals surface area (Å²) in [6.07, 6.45) is 2.73. The molecule has 0 unspecified atom stereocenters. The van der Waals surface area contributed by atoms with Gasteiger partial charge in [-0.05, 0) is 79.6 Å². The van der Waals surface area contributed by atoms with E-state index in [0.29, 0.717) is 6.42 Å². The van der Waals surface area contributed by atoms with Crippen LogP contribution in [-0.2, 0) is 23.6 Å². The Hall–Kier alpha value is -1.28. The standard InChI is InChI=1S/C20H34BNO6/c1-16(2,3)26-15(24)22-13(14(23)25-8)9-19-10-20(11-19,12-19)21-27-17(4,5)18(6,7)28-21/h13H,9-12H2,1-8H3,(H,22,24)/t13-,19?,20?/m0/s1. The zero-order valence-corrected chi connectivity index (χ0v) is 18.4. The van der Waals surface area contributed by atoms with Crippen molar-refractivity contribution in [3.05, 3.63) is 0 Å². The van der Waals surface area contributed by atoms with E-state index in [9.17, 15) is 9.59 Å². The first-order chi connectivity index (χ1) is 12.6. The summed E-state index contributed by atoms with van der Waals surface area (Å²) in [6.45, 7) is 13.6. The second-order valence-corrected chi connectivity index (χ2v) is 10.9. The van der Waals surface area contributed by atoms with Crippen LogP contribution in [0.25, 0.3) is 0 Å². The minimum Gasteiger partial charge on any atom is -0.467 e. The van der Waals surface area contributed by atoms with Crippen LogP contribution >= 0.6 is 0 Å². The molecule has 28 heavy (non-hydrogen) atoms. The summed E-state index contributed by atoms with van der Waals surface area (Å²) in [5, 5.41) is 2.71. The number of ether oxygens (including phenoxy) is 2. The van der Waals surface area contributed by atoms with Crippen molar-refractivity contribution in [2.24, 2.45) is 5.41 Å². The third-order valence-corrected chi connectivity index (χ3v) is 6.75. The van der Waals surface area contributed by atoms with Crippen molar-refractivity contribution in [1.82, 2.24) is 5.32 Å². The van der Waals surface area contributed by atoms with Gasteiger partial charge in [-0.15, -0.1) is 0 Å². The second kappa shape index (κ2) is 6.36. The van der Waals surface area contributed by atoms with E-state index in [4.69, 9.17) is 18.8 Å². The van der Waals surface area contributed by atoms with Gasteiger partial charge in [-0.25, -0.2) is 9.59 Å². The SMILES string of the molecule is COC(=O)[C@H](CC12CC(B3OC(C)(C)C(C)(C)O3)(C1)C2)NC(=O)OC(C)(C)C. The average molecular weight is 395 g/mol. The Morgan fingerprint density at radius 1 is 1.07 bits per heavy atom. The maximum absolute atomic E-state index is 12.2. The smallest absolute Gasteiger partial charge is 0.464 e. The second-order valence-electron chi connectivity index (χ2n) is 10.9. The number of hydrogen-bond acceptors (Lipinski definition) is 6. The lowest BCUT2D eigenvalue weighted by molar-refractivity contribution is -0.153. The largest absolute Gasteiger partial charge is 0.467 e. The van der Waals surface area contributed by atoms with Crippen LogP contribution in [0.3, 0.4) is 0 Å². The predicted octanol–water partition coefficient (Wildman–Crippen LogP) is 3.46. The van der Waals surface area contributed by atoms with Crippen LogP contribution < -0.4 is 5.32 Å². The van der Waals surface area contributed by atoms with Gasteiger partial charge in [-0.2, -0.15) is 0 Å². The Labute approximate surface area is 168 Å². The molecule has 3 saturated carbocycles. The number of hydrogen-bond donors (Lipinski definition) is 1. The molecule has 3 aliphatic carbocycles. The minimum atomic E-state index is -0.712. The highest BCUT2D eigenvalue weighted by molar-refractivity contribution is 6.51. The summed E-state index contributed by atoms with van der Waals surface area (Å²) in [4.78, 5) is 24.3. The molecule has 1 amide bonds. The molecule has 1 N–H and O–H groups in total. The van der Waals surface area contributed by atoms with Crippen LogP contribution in [0.5, 0.6) is 0 Å². The van der Waals surface area contributed by atoms with E-state index in [2.05, 4.69) is 33.0 Å². The van der Waals surface area contributed by atoms with E-state index >= 15 is 0 Å². The lowest BCUT2D eigenvalue weighted by Gasteiger charge is -2.71. The summed E-state index contributed by atoms with van der Waals surface area (Å²) in [5.74, 6) is -0.444. The van der Waals surface area contributed by atoms with Crippen LogP contribution in [0.4, 0.5) is 4.79 Å². The number of esters is 1. The van der Waals surface area contributed by atoms with Gasteiger partial charge < -0.3 is 24.1 Å². The number of carbonyl (C=O) groups excluding carboxylic acids is 2. The van der Waals surface area contributed by atoms with E-state index in [1.807, 2.05) is 0 Å². The van der Waals surface area contributed by atoms with E-state index in [0.717, 1.165) is 19.3 Å². The highest BCUT2D eigenvalue weighted by atomic mass is 16.7. The van der Waals surface area contributed by atoms with Gasteiger partial charge in [-0.1, -0.05) is 0 Å².